The van der Waals surface area contributed by atoms with Gasteiger partial charge >= 0.3 is 0 Å². The monoisotopic (exact) mass is 267 g/mol. The molecule has 0 saturated carbocycles. The first-order chi connectivity index (χ1) is 8.56. The van der Waals surface area contributed by atoms with Crippen LogP contribution in [0.3, 0.4) is 0 Å². The third-order valence-corrected chi connectivity index (χ3v) is 3.89. The van der Waals surface area contributed by atoms with Crippen molar-refractivity contribution >= 4 is 23.0 Å². The van der Waals surface area contributed by atoms with Gasteiger partial charge in [-0.3, -0.25) is 0 Å². The van der Waals surface area contributed by atoms with Crippen molar-refractivity contribution in [3.8, 4) is 0 Å². The van der Waals surface area contributed by atoms with Gasteiger partial charge < -0.3 is 15.5 Å². The molecule has 4 heteroatoms. The van der Waals surface area contributed by atoms with E-state index in [4.69, 9.17) is 17.3 Å². The SMILES string of the molecule is CN1CCCC(CN(C)c2cc(Cl)ccc2N)C1. The summed E-state index contributed by atoms with van der Waals surface area (Å²) in [6, 6.07) is 5.66. The van der Waals surface area contributed by atoms with E-state index in [1.165, 1.54) is 25.9 Å². The van der Waals surface area contributed by atoms with Gasteiger partial charge in [-0.05, 0) is 50.6 Å². The molecule has 1 aliphatic rings. The van der Waals surface area contributed by atoms with Gasteiger partial charge in [0.25, 0.3) is 0 Å². The first-order valence-corrected chi connectivity index (χ1v) is 6.89. The zero-order valence-electron chi connectivity index (χ0n) is 11.2. The molecule has 1 aliphatic heterocycles. The maximum atomic E-state index is 6.04. The fourth-order valence-electron chi connectivity index (χ4n) is 2.76. The summed E-state index contributed by atoms with van der Waals surface area (Å²) in [4.78, 5) is 4.63. The van der Waals surface area contributed by atoms with E-state index in [2.05, 4.69) is 23.9 Å². The minimum atomic E-state index is 0.715. The Hall–Kier alpha value is -0.930. The smallest absolute Gasteiger partial charge is 0.0612 e. The van der Waals surface area contributed by atoms with Gasteiger partial charge in [0.05, 0.1) is 11.4 Å². The Kier molecular flexibility index (Phi) is 4.36. The van der Waals surface area contributed by atoms with Crippen molar-refractivity contribution < 1.29 is 0 Å². The lowest BCUT2D eigenvalue weighted by Crippen LogP contribution is -2.38. The zero-order chi connectivity index (χ0) is 13.1. The average molecular weight is 268 g/mol. The van der Waals surface area contributed by atoms with Crippen molar-refractivity contribution in [3.05, 3.63) is 23.2 Å². The molecule has 0 spiro atoms. The summed E-state index contributed by atoms with van der Waals surface area (Å²) in [5, 5.41) is 0.742. The highest BCUT2D eigenvalue weighted by Gasteiger charge is 2.19. The van der Waals surface area contributed by atoms with Crippen molar-refractivity contribution in [1.29, 1.82) is 0 Å². The highest BCUT2D eigenvalue weighted by atomic mass is 35.5. The van der Waals surface area contributed by atoms with Crippen LogP contribution in [-0.4, -0.2) is 38.6 Å². The van der Waals surface area contributed by atoms with E-state index in [0.29, 0.717) is 5.92 Å². The van der Waals surface area contributed by atoms with E-state index >= 15 is 0 Å². The van der Waals surface area contributed by atoms with Crippen molar-refractivity contribution in [2.75, 3.05) is 44.4 Å². The minimum Gasteiger partial charge on any atom is -0.397 e. The largest absolute Gasteiger partial charge is 0.397 e. The number of nitrogen functional groups attached to an aromatic ring is 1. The van der Waals surface area contributed by atoms with E-state index in [-0.39, 0.29) is 0 Å². The summed E-state index contributed by atoms with van der Waals surface area (Å²) in [5.41, 5.74) is 7.85. The normalized spacial score (nSPS) is 20.9. The maximum absolute atomic E-state index is 6.04. The van der Waals surface area contributed by atoms with Gasteiger partial charge in [-0.2, -0.15) is 0 Å². The third-order valence-electron chi connectivity index (χ3n) is 3.66. The Bertz CT molecular complexity index is 408. The molecule has 1 aromatic carbocycles. The van der Waals surface area contributed by atoms with Crippen LogP contribution in [0, 0.1) is 5.92 Å². The Balaban J connectivity index is 2.02. The van der Waals surface area contributed by atoms with Crippen LogP contribution in [0.25, 0.3) is 0 Å². The van der Waals surface area contributed by atoms with Gasteiger partial charge in [0.15, 0.2) is 0 Å². The number of anilines is 2. The zero-order valence-corrected chi connectivity index (χ0v) is 12.0. The first kappa shape index (κ1) is 13.5. The quantitative estimate of drug-likeness (QED) is 0.855. The van der Waals surface area contributed by atoms with Crippen LogP contribution < -0.4 is 10.6 Å². The number of hydrogen-bond donors (Lipinski definition) is 1. The van der Waals surface area contributed by atoms with Crippen LogP contribution >= 0.6 is 11.6 Å². The summed E-state index contributed by atoms with van der Waals surface area (Å²) in [7, 11) is 4.29. The summed E-state index contributed by atoms with van der Waals surface area (Å²) in [6.07, 6.45) is 2.59. The molecule has 1 aromatic rings. The molecule has 1 atom stereocenters. The molecule has 1 fully saturated rings. The van der Waals surface area contributed by atoms with E-state index < -0.39 is 0 Å². The topological polar surface area (TPSA) is 32.5 Å². The van der Waals surface area contributed by atoms with Crippen molar-refractivity contribution in [1.82, 2.24) is 4.90 Å². The number of halogens is 1. The minimum absolute atomic E-state index is 0.715. The molecule has 0 radical (unpaired) electrons. The molecule has 0 aliphatic carbocycles. The van der Waals surface area contributed by atoms with E-state index in [1.54, 1.807) is 0 Å². The molecular formula is C14H22ClN3. The first-order valence-electron chi connectivity index (χ1n) is 6.51. The van der Waals surface area contributed by atoms with Gasteiger partial charge in [-0.1, -0.05) is 11.6 Å². The summed E-state index contributed by atoms with van der Waals surface area (Å²) in [5.74, 6) is 0.715. The molecule has 0 amide bonds. The van der Waals surface area contributed by atoms with E-state index in [1.807, 2.05) is 18.2 Å². The van der Waals surface area contributed by atoms with Gasteiger partial charge in [-0.15, -0.1) is 0 Å². The number of nitrogens with zero attached hydrogens (tertiary/aromatic N) is 2. The molecule has 1 unspecified atom stereocenters. The molecule has 100 valence electrons. The lowest BCUT2D eigenvalue weighted by Gasteiger charge is -2.33. The van der Waals surface area contributed by atoms with Crippen molar-refractivity contribution in [2.24, 2.45) is 5.92 Å². The number of likely N-dealkylation sites (tertiary alicyclic amines) is 1. The van der Waals surface area contributed by atoms with Gasteiger partial charge in [-0.25, -0.2) is 0 Å². The van der Waals surface area contributed by atoms with E-state index in [9.17, 15) is 0 Å². The molecule has 2 rings (SSSR count). The Morgan fingerprint density at radius 2 is 2.28 bits per heavy atom. The number of rotatable bonds is 3. The summed E-state index contributed by atoms with van der Waals surface area (Å²) < 4.78 is 0. The predicted molar refractivity (Wildman–Crippen MR) is 79.4 cm³/mol. The molecular weight excluding hydrogens is 246 g/mol. The number of piperidine rings is 1. The molecule has 2 N–H and O–H groups in total. The molecule has 0 aromatic heterocycles. The molecule has 1 saturated heterocycles. The molecule has 18 heavy (non-hydrogen) atoms. The van der Waals surface area contributed by atoms with Gasteiger partial charge in [0.1, 0.15) is 0 Å². The highest BCUT2D eigenvalue weighted by Crippen LogP contribution is 2.27. The lowest BCUT2D eigenvalue weighted by atomic mass is 9.98. The highest BCUT2D eigenvalue weighted by molar-refractivity contribution is 6.31. The van der Waals surface area contributed by atoms with Gasteiger partial charge in [0, 0.05) is 25.2 Å². The summed E-state index contributed by atoms with van der Waals surface area (Å²) in [6.45, 7) is 3.43. The van der Waals surface area contributed by atoms with Crippen LogP contribution in [0.5, 0.6) is 0 Å². The second-order valence-electron chi connectivity index (χ2n) is 5.35. The Morgan fingerprint density at radius 3 is 3.00 bits per heavy atom. The Morgan fingerprint density at radius 1 is 1.50 bits per heavy atom. The van der Waals surface area contributed by atoms with Crippen LogP contribution in [0.15, 0.2) is 18.2 Å². The molecule has 3 nitrogen and oxygen atoms in total. The van der Waals surface area contributed by atoms with Crippen molar-refractivity contribution in [2.45, 2.75) is 12.8 Å². The van der Waals surface area contributed by atoms with Crippen LogP contribution in [0.2, 0.25) is 5.02 Å². The van der Waals surface area contributed by atoms with Crippen LogP contribution in [0.1, 0.15) is 12.8 Å². The predicted octanol–water partition coefficient (Wildman–Crippen LogP) is 2.70. The number of nitrogens with two attached hydrogens (primary N) is 1. The lowest BCUT2D eigenvalue weighted by molar-refractivity contribution is 0.213. The third kappa shape index (κ3) is 3.30. The van der Waals surface area contributed by atoms with Crippen LogP contribution in [-0.2, 0) is 0 Å². The fraction of sp³-hybridized carbons (Fsp3) is 0.571. The number of hydrogen-bond acceptors (Lipinski definition) is 3. The Labute approximate surface area is 115 Å². The molecule has 0 bridgehead atoms. The number of benzene rings is 1. The standard InChI is InChI=1S/C14H22ClN3/c1-17-7-3-4-11(9-17)10-18(2)14-8-12(15)5-6-13(14)16/h5-6,8,11H,3-4,7,9-10,16H2,1-2H3. The second-order valence-corrected chi connectivity index (χ2v) is 5.79. The molecule has 1 heterocycles. The fourth-order valence-corrected chi connectivity index (χ4v) is 2.92. The van der Waals surface area contributed by atoms with Crippen LogP contribution in [0.4, 0.5) is 11.4 Å². The maximum Gasteiger partial charge on any atom is 0.0612 e. The summed E-state index contributed by atoms with van der Waals surface area (Å²) >= 11 is 6.04. The van der Waals surface area contributed by atoms with E-state index in [0.717, 1.165) is 22.9 Å². The van der Waals surface area contributed by atoms with Gasteiger partial charge in [0.2, 0.25) is 0 Å². The second kappa shape index (κ2) is 5.81. The average Bonchev–Trinajstić information content (AvgIpc) is 2.32. The van der Waals surface area contributed by atoms with Crippen molar-refractivity contribution in [3.63, 3.8) is 0 Å².